The summed E-state index contributed by atoms with van der Waals surface area (Å²) in [4.78, 5) is 5.34. The minimum atomic E-state index is -0.0483. The number of hydrogen-bond acceptors (Lipinski definition) is 2. The molecule has 0 aliphatic rings. The van der Waals surface area contributed by atoms with Crippen LogP contribution in [0.15, 0.2) is 158 Å². The third kappa shape index (κ3) is 7.78. The number of fused-ring (bicyclic) bond motifs is 6. The van der Waals surface area contributed by atoms with Crippen molar-refractivity contribution in [3.63, 3.8) is 0 Å². The highest BCUT2D eigenvalue weighted by Crippen LogP contribution is 2.45. The van der Waals surface area contributed by atoms with E-state index < -0.39 is 0 Å². The summed E-state index contributed by atoms with van der Waals surface area (Å²) < 4.78 is 4.75. The normalized spacial score (nSPS) is 12.7. The number of hydrogen-bond donors (Lipinski definition) is 0. The van der Waals surface area contributed by atoms with Crippen molar-refractivity contribution < 1.29 is 0 Å². The maximum Gasteiger partial charge on any atom is 0.101 e. The van der Waals surface area contributed by atoms with E-state index >= 15 is 0 Å². The zero-order valence-electron chi connectivity index (χ0n) is 41.8. The van der Waals surface area contributed by atoms with Crippen LogP contribution in [-0.2, 0) is 21.7 Å². The van der Waals surface area contributed by atoms with Gasteiger partial charge < -0.3 is 9.13 Å². The molecule has 0 fully saturated rings. The number of nitrogens with zero attached hydrogens (tertiary/aromatic N) is 4. The summed E-state index contributed by atoms with van der Waals surface area (Å²) in [5.41, 5.74) is 17.5. The summed E-state index contributed by atoms with van der Waals surface area (Å²) in [5.74, 6) is 0. The van der Waals surface area contributed by atoms with Crippen molar-refractivity contribution in [2.75, 3.05) is 0 Å². The molecule has 0 spiro atoms. The molecule has 4 nitrogen and oxygen atoms in total. The first-order chi connectivity index (χ1) is 32.2. The Kier molecular flexibility index (Phi) is 10.5. The fourth-order valence-electron chi connectivity index (χ4n) is 9.90. The van der Waals surface area contributed by atoms with Crippen molar-refractivity contribution in [3.05, 3.63) is 186 Å². The predicted octanol–water partition coefficient (Wildman–Crippen LogP) is 17.3. The number of rotatable bonds is 5. The molecule has 0 N–H and O–H groups in total. The first-order valence-corrected chi connectivity index (χ1v) is 24.1. The van der Waals surface area contributed by atoms with E-state index in [1.807, 2.05) is 0 Å². The van der Waals surface area contributed by atoms with Crippen molar-refractivity contribution >= 4 is 43.6 Å². The van der Waals surface area contributed by atoms with Crippen LogP contribution in [-0.4, -0.2) is 14.1 Å². The van der Waals surface area contributed by atoms with E-state index in [1.54, 1.807) is 0 Å². The molecule has 0 radical (unpaired) electrons. The highest BCUT2D eigenvalue weighted by Gasteiger charge is 2.27. The van der Waals surface area contributed by atoms with Gasteiger partial charge in [0.2, 0.25) is 0 Å². The molecule has 3 heterocycles. The lowest BCUT2D eigenvalue weighted by Crippen LogP contribution is -2.10. The van der Waals surface area contributed by atoms with Gasteiger partial charge in [-0.05, 0) is 122 Å². The number of benzene rings is 7. The second-order valence-corrected chi connectivity index (χ2v) is 23.0. The average molecular weight is 887 g/mol. The quantitative estimate of drug-likeness (QED) is 0.173. The molecule has 7 aromatic carbocycles. The summed E-state index contributed by atoms with van der Waals surface area (Å²) in [6, 6.07) is 60.3. The third-order valence-electron chi connectivity index (χ3n) is 14.0. The molecule has 10 rings (SSSR count). The van der Waals surface area contributed by atoms with Gasteiger partial charge in [0.15, 0.2) is 0 Å². The molecule has 0 aliphatic carbocycles. The topological polar surface area (TPSA) is 46.5 Å². The Bertz CT molecular complexity index is 3440. The van der Waals surface area contributed by atoms with E-state index in [2.05, 4.69) is 256 Å². The summed E-state index contributed by atoms with van der Waals surface area (Å²) in [6.45, 7) is 27.3. The van der Waals surface area contributed by atoms with E-state index in [4.69, 9.17) is 4.98 Å². The van der Waals surface area contributed by atoms with Crippen LogP contribution in [0.3, 0.4) is 0 Å². The molecule has 3 aromatic heterocycles. The molecule has 0 bridgehead atoms. The maximum absolute atomic E-state index is 11.5. The second kappa shape index (κ2) is 16.0. The predicted molar refractivity (Wildman–Crippen MR) is 289 cm³/mol. The minimum Gasteiger partial charge on any atom is -0.309 e. The first-order valence-electron chi connectivity index (χ1n) is 24.1. The summed E-state index contributed by atoms with van der Waals surface area (Å²) in [6.07, 6.45) is 0. The molecule has 0 amide bonds. The van der Waals surface area contributed by atoms with Gasteiger partial charge in [-0.1, -0.05) is 168 Å². The SMILES string of the molecule is CC(C)(C)c1ccc2c(c1)c1cc(C(C)(C)C)ccc1n2-c1cc(-c2cc(-c3ccccc3)nc(-c3ccccc3)c2)c(-n2c3ccc(C(C)(C)C)cc3c3cc(C(C)(C)C)ccc32)cc1C#N. The van der Waals surface area contributed by atoms with Crippen LogP contribution in [0.4, 0.5) is 0 Å². The van der Waals surface area contributed by atoms with Crippen LogP contribution < -0.4 is 0 Å². The third-order valence-corrected chi connectivity index (χ3v) is 14.0. The van der Waals surface area contributed by atoms with E-state index in [1.165, 1.54) is 43.8 Å². The van der Waals surface area contributed by atoms with E-state index in [0.29, 0.717) is 5.56 Å². The second-order valence-electron chi connectivity index (χ2n) is 23.0. The highest BCUT2D eigenvalue weighted by molar-refractivity contribution is 6.12. The molecule has 0 unspecified atom stereocenters. The van der Waals surface area contributed by atoms with Gasteiger partial charge in [-0.2, -0.15) is 5.26 Å². The Morgan fingerprint density at radius 2 is 0.706 bits per heavy atom. The van der Waals surface area contributed by atoms with Crippen molar-refractivity contribution in [1.29, 1.82) is 5.26 Å². The van der Waals surface area contributed by atoms with E-state index in [9.17, 15) is 5.26 Å². The van der Waals surface area contributed by atoms with E-state index in [-0.39, 0.29) is 21.7 Å². The zero-order chi connectivity index (χ0) is 48.1. The molecule has 68 heavy (non-hydrogen) atoms. The molecule has 10 aromatic rings. The average Bonchev–Trinajstić information content (AvgIpc) is 3.81. The van der Waals surface area contributed by atoms with Gasteiger partial charge in [-0.25, -0.2) is 4.98 Å². The van der Waals surface area contributed by atoms with Crippen LogP contribution in [0.2, 0.25) is 0 Å². The van der Waals surface area contributed by atoms with Crippen LogP contribution in [0.5, 0.6) is 0 Å². The summed E-state index contributed by atoms with van der Waals surface area (Å²) in [5, 5.41) is 16.3. The van der Waals surface area contributed by atoms with Crippen molar-refractivity contribution in [1.82, 2.24) is 14.1 Å². The van der Waals surface area contributed by atoms with Gasteiger partial charge in [-0.15, -0.1) is 0 Å². The van der Waals surface area contributed by atoms with Crippen molar-refractivity contribution in [3.8, 4) is 51.1 Å². The smallest absolute Gasteiger partial charge is 0.101 e. The fraction of sp³-hybridized carbons (Fsp3) is 0.250. The van der Waals surface area contributed by atoms with Gasteiger partial charge >= 0.3 is 0 Å². The molecule has 0 atom stereocenters. The number of aromatic nitrogens is 3. The Hall–Kier alpha value is -7.22. The standard InChI is InChI=1S/C64H62N4/c1-61(2,3)44-23-27-55-49(34-44)50-35-45(62(4,5)6)24-28-56(50)67(55)59-38-48(42-31-53(40-19-15-13-16-20-40)66-54(32-42)41-21-17-14-18-22-41)60(33-43(59)39-65)68-57-29-25-46(63(7,8)9)36-51(57)52-37-47(64(10,11)12)26-30-58(52)68/h13-38H,1-12H3. The van der Waals surface area contributed by atoms with Crippen molar-refractivity contribution in [2.24, 2.45) is 0 Å². The Morgan fingerprint density at radius 3 is 1.03 bits per heavy atom. The fourth-order valence-corrected chi connectivity index (χ4v) is 9.90. The van der Waals surface area contributed by atoms with Crippen LogP contribution >= 0.6 is 0 Å². The minimum absolute atomic E-state index is 0.0469. The van der Waals surface area contributed by atoms with Crippen LogP contribution in [0.25, 0.3) is 88.6 Å². The lowest BCUT2D eigenvalue weighted by atomic mass is 9.85. The van der Waals surface area contributed by atoms with Crippen LogP contribution in [0, 0.1) is 11.3 Å². The monoisotopic (exact) mass is 886 g/mol. The van der Waals surface area contributed by atoms with Gasteiger partial charge in [0.1, 0.15) is 6.07 Å². The van der Waals surface area contributed by atoms with Gasteiger partial charge in [0.25, 0.3) is 0 Å². The molecule has 0 saturated carbocycles. The van der Waals surface area contributed by atoms with Gasteiger partial charge in [0.05, 0.1) is 50.4 Å². The highest BCUT2D eigenvalue weighted by atomic mass is 15.0. The van der Waals surface area contributed by atoms with Crippen molar-refractivity contribution in [2.45, 2.75) is 105 Å². The molecular weight excluding hydrogens is 825 g/mol. The lowest BCUT2D eigenvalue weighted by Gasteiger charge is -2.21. The van der Waals surface area contributed by atoms with Gasteiger partial charge in [-0.3, -0.25) is 0 Å². The summed E-state index contributed by atoms with van der Waals surface area (Å²) in [7, 11) is 0. The Labute approximate surface area is 402 Å². The molecule has 4 heteroatoms. The Morgan fingerprint density at radius 1 is 0.368 bits per heavy atom. The first kappa shape index (κ1) is 44.6. The summed E-state index contributed by atoms with van der Waals surface area (Å²) >= 11 is 0. The lowest BCUT2D eigenvalue weighted by molar-refractivity contribution is 0.590. The molecule has 0 saturated heterocycles. The van der Waals surface area contributed by atoms with Gasteiger partial charge in [0, 0.05) is 38.2 Å². The number of pyridine rings is 1. The van der Waals surface area contributed by atoms with E-state index in [0.717, 1.165) is 67.1 Å². The Balaban J connectivity index is 1.37. The largest absolute Gasteiger partial charge is 0.309 e. The molecule has 0 aliphatic heterocycles. The molecular formula is C64H62N4. The zero-order valence-corrected chi connectivity index (χ0v) is 41.8. The van der Waals surface area contributed by atoms with Crippen LogP contribution in [0.1, 0.15) is 111 Å². The maximum atomic E-state index is 11.5. The molecule has 338 valence electrons. The number of nitriles is 1.